The van der Waals surface area contributed by atoms with Gasteiger partial charge in [0.25, 0.3) is 5.56 Å². The number of fused-ring (bicyclic) bond motifs is 4. The van der Waals surface area contributed by atoms with E-state index in [1.807, 2.05) is 33.9 Å². The van der Waals surface area contributed by atoms with E-state index in [9.17, 15) is 18.3 Å². The average Bonchev–Trinajstić information content (AvgIpc) is 3.66. The summed E-state index contributed by atoms with van der Waals surface area (Å²) in [6.45, 7) is 1.30. The van der Waals surface area contributed by atoms with Gasteiger partial charge in [-0.15, -0.1) is 0 Å². The van der Waals surface area contributed by atoms with Crippen LogP contribution >= 0.6 is 38.1 Å². The van der Waals surface area contributed by atoms with Crippen LogP contribution in [-0.4, -0.2) is 81.5 Å². The molecule has 2 saturated heterocycles. The van der Waals surface area contributed by atoms with Gasteiger partial charge in [0, 0.05) is 12.0 Å². The first-order valence-corrected chi connectivity index (χ1v) is 23.7. The van der Waals surface area contributed by atoms with Crippen molar-refractivity contribution in [2.24, 2.45) is 5.92 Å². The minimum atomic E-state index is -4.22. The molecule has 2 bridgehead atoms. The Morgan fingerprint density at radius 1 is 1.12 bits per heavy atom. The molecule has 9 atom stereocenters. The number of nitrogens with zero attached hydrogens (tertiary/aromatic N) is 5. The van der Waals surface area contributed by atoms with Crippen LogP contribution in [0.25, 0.3) is 11.2 Å². The van der Waals surface area contributed by atoms with E-state index in [4.69, 9.17) is 33.0 Å². The first-order chi connectivity index (χ1) is 22.8. The summed E-state index contributed by atoms with van der Waals surface area (Å²) < 4.78 is 80.6. The molecule has 0 aromatic carbocycles. The maximum absolute atomic E-state index is 14.3. The Kier molecular flexibility index (Phi) is 10.2. The number of nitrogens with two attached hydrogens (primary N) is 1. The number of aromatic nitrogens is 6. The summed E-state index contributed by atoms with van der Waals surface area (Å²) in [6, 6.07) is -0.395. The Balaban J connectivity index is 1.36. The van der Waals surface area contributed by atoms with Gasteiger partial charge in [0.2, 0.25) is 5.95 Å². The van der Waals surface area contributed by atoms with Crippen LogP contribution in [0.1, 0.15) is 39.8 Å². The number of imidazole rings is 1. The summed E-state index contributed by atoms with van der Waals surface area (Å²) in [5, 5.41) is 2.73. The molecule has 6 rings (SSSR count). The fourth-order valence-electron chi connectivity index (χ4n) is 5.83. The molecule has 0 amide bonds. The largest absolute Gasteiger partial charge is 0.408 e. The molecule has 0 unspecified atom stereocenters. The molecule has 1 aliphatic carbocycles. The van der Waals surface area contributed by atoms with Gasteiger partial charge in [-0.2, -0.15) is 4.98 Å². The second-order valence-electron chi connectivity index (χ2n) is 13.7. The van der Waals surface area contributed by atoms with Crippen molar-refractivity contribution in [3.05, 3.63) is 35.0 Å². The lowest BCUT2D eigenvalue weighted by molar-refractivity contribution is -0.0482. The van der Waals surface area contributed by atoms with E-state index in [0.717, 1.165) is 6.20 Å². The molecule has 17 nitrogen and oxygen atoms in total. The monoisotopic (exact) mass is 780 g/mol. The van der Waals surface area contributed by atoms with Crippen molar-refractivity contribution in [1.29, 1.82) is 0 Å². The number of nitrogens with one attached hydrogen (secondary N) is 2. The normalized spacial score (nSPS) is 34.6. The van der Waals surface area contributed by atoms with E-state index in [0.29, 0.717) is 6.42 Å². The number of thiol groups is 2. The molecule has 3 aromatic rings. The number of hydrogen-bond donors (Lipinski definition) is 5. The molecule has 2 aliphatic heterocycles. The predicted octanol–water partition coefficient (Wildman–Crippen LogP) is 4.70. The van der Waals surface area contributed by atoms with E-state index < -0.39 is 75.9 Å². The van der Waals surface area contributed by atoms with Gasteiger partial charge < -0.3 is 24.7 Å². The molecule has 49 heavy (non-hydrogen) atoms. The van der Waals surface area contributed by atoms with Crippen LogP contribution in [-0.2, 0) is 36.4 Å². The van der Waals surface area contributed by atoms with Crippen LogP contribution in [0.2, 0.25) is 18.1 Å². The standard InChI is InChI=1S/C26H39FN8O9P2S2Si/c1-26(2,3)49(4,5)44-19-17-10-40-45(37,47)42-16-7-14(32-21-15(27)8-29-11-30-21)6-13(16)9-39-46(38,48)43-20(19)24(41-17)35-12-31-18-22(35)33-25(28)34-23(18)36/h8,11-14,16-17,19-20,24H,6-7,9-10H2,1-5H3,(H,37,47)(H,38,48)(H,29,30,32)(H3,28,33,34,36)/t13-,14-,16+,17-,19-,20-,24-,45+,46-/m1/s1. The Morgan fingerprint density at radius 3 is 2.55 bits per heavy atom. The Labute approximate surface area is 292 Å². The van der Waals surface area contributed by atoms with Crippen molar-refractivity contribution in [3.63, 3.8) is 0 Å². The molecular weight excluding hydrogens is 741 g/mol. The molecule has 5 heterocycles. The highest BCUT2D eigenvalue weighted by Crippen LogP contribution is 2.61. The van der Waals surface area contributed by atoms with Crippen molar-refractivity contribution in [2.75, 3.05) is 24.3 Å². The topological polar surface area (TPSA) is 217 Å². The van der Waals surface area contributed by atoms with Gasteiger partial charge in [-0.05, 0) is 31.0 Å². The summed E-state index contributed by atoms with van der Waals surface area (Å²) in [5.41, 5.74) is 5.32. The van der Waals surface area contributed by atoms with E-state index in [1.54, 1.807) is 0 Å². The highest BCUT2D eigenvalue weighted by atomic mass is 32.7. The summed E-state index contributed by atoms with van der Waals surface area (Å²) >= 11 is 8.62. The molecule has 23 heteroatoms. The van der Waals surface area contributed by atoms with Gasteiger partial charge >= 0.3 is 13.6 Å². The van der Waals surface area contributed by atoms with Crippen molar-refractivity contribution in [1.82, 2.24) is 29.5 Å². The number of nitrogen functional groups attached to an aromatic ring is 1. The molecule has 3 aromatic heterocycles. The zero-order valence-corrected chi connectivity index (χ0v) is 31.8. The lowest BCUT2D eigenvalue weighted by atomic mass is 10.1. The first-order valence-electron chi connectivity index (χ1n) is 15.4. The molecular formula is C26H39FN8O9P2S2Si. The SMILES string of the molecule is CC(C)(C)[Si](C)(C)O[C@H]1[C@H]2O[P@](=O)(S)OC[C@H]3C[C@@H](Nc4ncncc4F)C[C@@H]3O[P@@](=O)(S)OC[C@H]1O[C@H]2n1cnc2c(=O)[nH]c(N)nc21. The van der Waals surface area contributed by atoms with Gasteiger partial charge in [-0.1, -0.05) is 45.3 Å². The van der Waals surface area contributed by atoms with Crippen LogP contribution in [0.5, 0.6) is 0 Å². The molecule has 0 radical (unpaired) electrons. The van der Waals surface area contributed by atoms with E-state index in [-0.39, 0.29) is 47.6 Å². The van der Waals surface area contributed by atoms with Crippen molar-refractivity contribution >= 4 is 69.3 Å². The van der Waals surface area contributed by atoms with Crippen LogP contribution < -0.4 is 16.6 Å². The smallest absolute Gasteiger partial charge is 0.386 e. The number of H-pyrrole nitrogens is 1. The van der Waals surface area contributed by atoms with Crippen molar-refractivity contribution in [2.45, 2.75) is 88.4 Å². The predicted molar refractivity (Wildman–Crippen MR) is 186 cm³/mol. The van der Waals surface area contributed by atoms with E-state index in [1.165, 1.54) is 17.2 Å². The Morgan fingerprint density at radius 2 is 1.84 bits per heavy atom. The van der Waals surface area contributed by atoms with Gasteiger partial charge in [0.1, 0.15) is 24.6 Å². The van der Waals surface area contributed by atoms with Crippen LogP contribution in [0, 0.1) is 11.7 Å². The van der Waals surface area contributed by atoms with E-state index in [2.05, 4.69) is 54.7 Å². The number of rotatable bonds is 5. The quantitative estimate of drug-likeness (QED) is 0.135. The third kappa shape index (κ3) is 7.96. The fourth-order valence-corrected chi connectivity index (χ4v) is 10.2. The lowest BCUT2D eigenvalue weighted by Crippen LogP contribution is -2.50. The minimum absolute atomic E-state index is 0.0129. The van der Waals surface area contributed by atoms with Gasteiger partial charge in [0.05, 0.1) is 31.8 Å². The van der Waals surface area contributed by atoms with Gasteiger partial charge in [0.15, 0.2) is 37.3 Å². The van der Waals surface area contributed by atoms with Gasteiger partial charge in [-0.25, -0.2) is 28.5 Å². The maximum Gasteiger partial charge on any atom is 0.386 e. The number of anilines is 2. The first kappa shape index (κ1) is 36.9. The molecule has 4 N–H and O–H groups in total. The number of aromatic amines is 1. The van der Waals surface area contributed by atoms with Crippen molar-refractivity contribution < 1.29 is 40.8 Å². The summed E-state index contributed by atoms with van der Waals surface area (Å²) in [4.78, 5) is 31.1. The summed E-state index contributed by atoms with van der Waals surface area (Å²) in [5.74, 6) is -1.34. The zero-order chi connectivity index (χ0) is 35.5. The summed E-state index contributed by atoms with van der Waals surface area (Å²) in [6.07, 6.45) is -0.965. The van der Waals surface area contributed by atoms with Crippen molar-refractivity contribution in [3.8, 4) is 0 Å². The molecule has 3 fully saturated rings. The van der Waals surface area contributed by atoms with Gasteiger partial charge in [-0.3, -0.25) is 27.9 Å². The lowest BCUT2D eigenvalue weighted by Gasteiger charge is -2.40. The second-order valence-corrected chi connectivity index (χ2v) is 24.2. The zero-order valence-electron chi connectivity index (χ0n) is 27.3. The van der Waals surface area contributed by atoms with Crippen LogP contribution in [0.15, 0.2) is 23.6 Å². The third-order valence-electron chi connectivity index (χ3n) is 9.26. The molecule has 270 valence electrons. The number of halogens is 1. The van der Waals surface area contributed by atoms with Crippen LogP contribution in [0.4, 0.5) is 16.2 Å². The molecule has 1 saturated carbocycles. The minimum Gasteiger partial charge on any atom is -0.408 e. The third-order valence-corrected chi connectivity index (χ3v) is 17.0. The second kappa shape index (κ2) is 13.6. The Hall–Kier alpha value is -1.90. The number of ether oxygens (including phenoxy) is 1. The highest BCUT2D eigenvalue weighted by Gasteiger charge is 2.55. The fraction of sp³-hybridized carbons (Fsp3) is 0.654. The average molecular weight is 781 g/mol. The molecule has 0 spiro atoms. The van der Waals surface area contributed by atoms with E-state index >= 15 is 0 Å². The van der Waals surface area contributed by atoms with Crippen LogP contribution in [0.3, 0.4) is 0 Å². The number of hydrogen-bond acceptors (Lipinski definition) is 15. The highest BCUT2D eigenvalue weighted by molar-refractivity contribution is 8.44. The maximum atomic E-state index is 14.3. The molecule has 3 aliphatic rings. The Bertz CT molecular complexity index is 1870. The summed E-state index contributed by atoms with van der Waals surface area (Å²) in [7, 11) is -2.62.